The van der Waals surface area contributed by atoms with Crippen LogP contribution < -0.4 is 10.6 Å². The Morgan fingerprint density at radius 3 is 2.51 bits per heavy atom. The maximum Gasteiger partial charge on any atom is 0.272 e. The predicted molar refractivity (Wildman–Crippen MR) is 135 cm³/mol. The minimum absolute atomic E-state index is 0.0738. The zero-order valence-electron chi connectivity index (χ0n) is 20.8. The highest BCUT2D eigenvalue weighted by Crippen LogP contribution is 2.67. The van der Waals surface area contributed by atoms with Crippen LogP contribution in [0.25, 0.3) is 23.0 Å². The fourth-order valence-corrected chi connectivity index (χ4v) is 5.25. The average molecular weight is 498 g/mol. The summed E-state index contributed by atoms with van der Waals surface area (Å²) in [6, 6.07) is 14.6. The Morgan fingerprint density at radius 1 is 1.05 bits per heavy atom. The number of H-pyrrole nitrogens is 1. The number of rotatable bonds is 6. The Labute approximate surface area is 213 Å². The minimum atomic E-state index is -0.490. The van der Waals surface area contributed by atoms with E-state index in [4.69, 9.17) is 4.52 Å². The molecule has 3 heterocycles. The molecule has 10 heteroatoms. The third-order valence-electron chi connectivity index (χ3n) is 7.23. The van der Waals surface area contributed by atoms with E-state index in [0.717, 1.165) is 5.69 Å². The molecule has 0 atom stereocenters. The van der Waals surface area contributed by atoms with E-state index in [0.29, 0.717) is 53.6 Å². The SMILES string of the molecule is CC(C)(C)c1cc(C(=O)NC23CC(C(=O)Nc4ccccc4-c4nc(-c5ccccn5)no4)(C2)C3)n[nH]1. The molecule has 188 valence electrons. The van der Waals surface area contributed by atoms with Crippen LogP contribution >= 0.6 is 0 Å². The van der Waals surface area contributed by atoms with Crippen LogP contribution in [0.4, 0.5) is 5.69 Å². The number of hydrogen-bond acceptors (Lipinski definition) is 7. The molecular formula is C27H27N7O3. The largest absolute Gasteiger partial charge is 0.345 e. The summed E-state index contributed by atoms with van der Waals surface area (Å²) in [7, 11) is 0. The zero-order valence-corrected chi connectivity index (χ0v) is 20.8. The predicted octanol–water partition coefficient (Wildman–Crippen LogP) is 4.11. The first-order valence-corrected chi connectivity index (χ1v) is 12.2. The molecule has 0 unspecified atom stereocenters. The highest BCUT2D eigenvalue weighted by atomic mass is 16.5. The van der Waals surface area contributed by atoms with Crippen molar-refractivity contribution in [3.05, 3.63) is 66.1 Å². The molecule has 10 nitrogen and oxygen atoms in total. The molecule has 0 saturated heterocycles. The molecule has 3 saturated carbocycles. The molecule has 0 aliphatic heterocycles. The van der Waals surface area contributed by atoms with Crippen molar-refractivity contribution in [2.75, 3.05) is 5.32 Å². The van der Waals surface area contributed by atoms with Gasteiger partial charge in [-0.15, -0.1) is 0 Å². The summed E-state index contributed by atoms with van der Waals surface area (Å²) < 4.78 is 5.48. The summed E-state index contributed by atoms with van der Waals surface area (Å²) in [5.74, 6) is 0.383. The van der Waals surface area contributed by atoms with Crippen LogP contribution in [0.2, 0.25) is 0 Å². The molecule has 37 heavy (non-hydrogen) atoms. The van der Waals surface area contributed by atoms with E-state index < -0.39 is 5.41 Å². The van der Waals surface area contributed by atoms with Crippen molar-refractivity contribution in [2.24, 2.45) is 5.41 Å². The van der Waals surface area contributed by atoms with Crippen molar-refractivity contribution in [2.45, 2.75) is 51.0 Å². The van der Waals surface area contributed by atoms with Gasteiger partial charge in [-0.2, -0.15) is 10.1 Å². The molecule has 3 fully saturated rings. The van der Waals surface area contributed by atoms with Gasteiger partial charge >= 0.3 is 0 Å². The molecule has 3 aliphatic rings. The summed E-state index contributed by atoms with van der Waals surface area (Å²) in [6.45, 7) is 6.17. The third kappa shape index (κ3) is 3.98. The number of carbonyl (C=O) groups excluding carboxylic acids is 2. The van der Waals surface area contributed by atoms with Crippen LogP contribution in [-0.2, 0) is 10.2 Å². The molecule has 3 N–H and O–H groups in total. The Morgan fingerprint density at radius 2 is 1.81 bits per heavy atom. The minimum Gasteiger partial charge on any atom is -0.345 e. The lowest BCUT2D eigenvalue weighted by Crippen LogP contribution is -2.77. The van der Waals surface area contributed by atoms with Crippen molar-refractivity contribution in [3.8, 4) is 23.0 Å². The van der Waals surface area contributed by atoms with Crippen molar-refractivity contribution in [1.29, 1.82) is 0 Å². The number of aromatic amines is 1. The maximum absolute atomic E-state index is 13.3. The summed E-state index contributed by atoms with van der Waals surface area (Å²) in [4.78, 5) is 34.7. The number of anilines is 1. The second kappa shape index (κ2) is 8.09. The summed E-state index contributed by atoms with van der Waals surface area (Å²) in [5.41, 5.74) is 2.14. The van der Waals surface area contributed by atoms with E-state index in [2.05, 4.69) is 56.7 Å². The van der Waals surface area contributed by atoms with Crippen molar-refractivity contribution < 1.29 is 14.1 Å². The second-order valence-electron chi connectivity index (χ2n) is 11.1. The molecule has 3 aromatic heterocycles. The van der Waals surface area contributed by atoms with Gasteiger partial charge < -0.3 is 15.2 Å². The molecule has 4 aromatic rings. The van der Waals surface area contributed by atoms with Gasteiger partial charge in [0.25, 0.3) is 11.8 Å². The molecule has 2 bridgehead atoms. The van der Waals surface area contributed by atoms with Gasteiger partial charge in [-0.3, -0.25) is 19.7 Å². The second-order valence-corrected chi connectivity index (χ2v) is 11.1. The van der Waals surface area contributed by atoms with Gasteiger partial charge in [0.05, 0.1) is 16.7 Å². The van der Waals surface area contributed by atoms with Gasteiger partial charge in [-0.25, -0.2) is 0 Å². The van der Waals surface area contributed by atoms with Gasteiger partial charge in [-0.05, 0) is 49.6 Å². The molecule has 1 aromatic carbocycles. The molecular weight excluding hydrogens is 470 g/mol. The van der Waals surface area contributed by atoms with E-state index >= 15 is 0 Å². The highest BCUT2D eigenvalue weighted by molar-refractivity contribution is 6.01. The van der Waals surface area contributed by atoms with Crippen molar-refractivity contribution in [3.63, 3.8) is 0 Å². The first-order valence-electron chi connectivity index (χ1n) is 12.2. The van der Waals surface area contributed by atoms with Gasteiger partial charge in [0.1, 0.15) is 11.4 Å². The van der Waals surface area contributed by atoms with Gasteiger partial charge in [0, 0.05) is 22.8 Å². The molecule has 2 amide bonds. The zero-order chi connectivity index (χ0) is 25.8. The van der Waals surface area contributed by atoms with Crippen LogP contribution in [0.1, 0.15) is 56.2 Å². The van der Waals surface area contributed by atoms with Gasteiger partial charge in [-0.1, -0.05) is 44.1 Å². The van der Waals surface area contributed by atoms with E-state index in [1.54, 1.807) is 18.3 Å². The van der Waals surface area contributed by atoms with Gasteiger partial charge in [0.15, 0.2) is 0 Å². The molecule has 3 aliphatic carbocycles. The molecule has 0 spiro atoms. The number of nitrogens with zero attached hydrogens (tertiary/aromatic N) is 4. The van der Waals surface area contributed by atoms with Crippen LogP contribution in [0.3, 0.4) is 0 Å². The third-order valence-corrected chi connectivity index (χ3v) is 7.23. The Bertz CT molecular complexity index is 1480. The molecule has 7 rings (SSSR count). The average Bonchev–Trinajstić information content (AvgIpc) is 3.51. The number of nitrogens with one attached hydrogen (secondary N) is 3. The Balaban J connectivity index is 1.11. The highest BCUT2D eigenvalue weighted by Gasteiger charge is 2.72. The first-order chi connectivity index (χ1) is 17.7. The Hall–Kier alpha value is -4.34. The van der Waals surface area contributed by atoms with E-state index in [9.17, 15) is 9.59 Å². The van der Waals surface area contributed by atoms with Crippen LogP contribution in [0.15, 0.2) is 59.3 Å². The molecule has 0 radical (unpaired) electrons. The van der Waals surface area contributed by atoms with Crippen molar-refractivity contribution >= 4 is 17.5 Å². The lowest BCUT2D eigenvalue weighted by Gasteiger charge is -2.69. The fourth-order valence-electron chi connectivity index (χ4n) is 5.25. The van der Waals surface area contributed by atoms with E-state index in [-0.39, 0.29) is 22.8 Å². The normalized spacial score (nSPS) is 22.0. The smallest absolute Gasteiger partial charge is 0.272 e. The fraction of sp³-hybridized carbons (Fsp3) is 0.333. The Kier molecular flexibility index (Phi) is 5.05. The van der Waals surface area contributed by atoms with Crippen molar-refractivity contribution in [1.82, 2.24) is 30.6 Å². The standard InChI is InChI=1S/C27H27N7O3/c1-25(2,3)20-12-19(32-33-20)22(35)31-27-13-26(14-27,15-27)24(36)29-17-9-5-4-8-16(17)23-30-21(34-37-23)18-10-6-7-11-28-18/h4-12H,13-15H2,1-3H3,(H,29,36)(H,31,35)(H,32,33). The monoisotopic (exact) mass is 497 g/mol. The quantitative estimate of drug-likeness (QED) is 0.364. The lowest BCUT2D eigenvalue weighted by atomic mass is 9.39. The number of pyridine rings is 1. The number of hydrogen-bond donors (Lipinski definition) is 3. The lowest BCUT2D eigenvalue weighted by molar-refractivity contribution is -0.172. The van der Waals surface area contributed by atoms with E-state index in [1.165, 1.54) is 0 Å². The summed E-state index contributed by atoms with van der Waals surface area (Å²) in [6.07, 6.45) is 3.46. The number of carbonyl (C=O) groups is 2. The topological polar surface area (TPSA) is 139 Å². The van der Waals surface area contributed by atoms with Crippen LogP contribution in [0, 0.1) is 5.41 Å². The first kappa shape index (κ1) is 23.1. The van der Waals surface area contributed by atoms with Crippen LogP contribution in [-0.4, -0.2) is 42.7 Å². The number of para-hydroxylation sites is 1. The number of amides is 2. The van der Waals surface area contributed by atoms with Gasteiger partial charge in [0.2, 0.25) is 11.7 Å². The maximum atomic E-state index is 13.3. The van der Waals surface area contributed by atoms with E-state index in [1.807, 2.05) is 36.4 Å². The summed E-state index contributed by atoms with van der Waals surface area (Å²) in [5, 5.41) is 17.3. The number of benzene rings is 1. The number of aromatic nitrogens is 5. The summed E-state index contributed by atoms with van der Waals surface area (Å²) >= 11 is 0. The van der Waals surface area contributed by atoms with Crippen LogP contribution in [0.5, 0.6) is 0 Å².